The van der Waals surface area contributed by atoms with E-state index in [1.165, 1.54) is 6.92 Å². The molecule has 0 aliphatic heterocycles. The Morgan fingerprint density at radius 1 is 1.53 bits per heavy atom. The topological polar surface area (TPSA) is 125 Å². The summed E-state index contributed by atoms with van der Waals surface area (Å²) in [6.45, 7) is 1.87. The number of nitrogens with one attached hydrogen (secondary N) is 1. The van der Waals surface area contributed by atoms with Crippen molar-refractivity contribution in [1.82, 2.24) is 19.7 Å². The maximum Gasteiger partial charge on any atom is 0.332 e. The SMILES string of the molecule is Cc1nc(N)nc(NCc2ccnn2C)c1[N+](=O)[O-]. The quantitative estimate of drug-likeness (QED) is 0.611. The maximum atomic E-state index is 11.0. The zero-order chi connectivity index (χ0) is 14.0. The Bertz CT molecular complexity index is 622. The van der Waals surface area contributed by atoms with Crippen LogP contribution in [0.25, 0.3) is 0 Å². The summed E-state index contributed by atoms with van der Waals surface area (Å²) in [6.07, 6.45) is 1.64. The fourth-order valence-corrected chi connectivity index (χ4v) is 1.68. The number of nitrogens with zero attached hydrogens (tertiary/aromatic N) is 5. The molecule has 0 bridgehead atoms. The van der Waals surface area contributed by atoms with Gasteiger partial charge in [0, 0.05) is 13.2 Å². The van der Waals surface area contributed by atoms with Gasteiger partial charge in [-0.05, 0) is 13.0 Å². The molecule has 2 rings (SSSR count). The Morgan fingerprint density at radius 2 is 2.26 bits per heavy atom. The third-order valence-corrected chi connectivity index (χ3v) is 2.62. The highest BCUT2D eigenvalue weighted by molar-refractivity contribution is 5.60. The van der Waals surface area contributed by atoms with Crippen LogP contribution in [-0.2, 0) is 13.6 Å². The van der Waals surface area contributed by atoms with E-state index in [4.69, 9.17) is 5.73 Å². The van der Waals surface area contributed by atoms with Gasteiger partial charge in [0.25, 0.3) is 0 Å². The van der Waals surface area contributed by atoms with Gasteiger partial charge in [0.05, 0.1) is 17.2 Å². The van der Waals surface area contributed by atoms with Crippen LogP contribution < -0.4 is 11.1 Å². The Hall–Kier alpha value is -2.71. The summed E-state index contributed by atoms with van der Waals surface area (Å²) >= 11 is 0. The maximum absolute atomic E-state index is 11.0. The van der Waals surface area contributed by atoms with Crippen LogP contribution in [0.3, 0.4) is 0 Å². The number of anilines is 2. The Balaban J connectivity index is 2.29. The number of nitrogen functional groups attached to an aromatic ring is 1. The number of nitrogens with two attached hydrogens (primary N) is 1. The molecule has 0 radical (unpaired) electrons. The molecule has 9 heteroatoms. The Kier molecular flexibility index (Phi) is 3.27. The van der Waals surface area contributed by atoms with Crippen molar-refractivity contribution in [2.24, 2.45) is 7.05 Å². The summed E-state index contributed by atoms with van der Waals surface area (Å²) in [4.78, 5) is 18.1. The molecule has 100 valence electrons. The number of nitro groups is 1. The molecular formula is C10H13N7O2. The Morgan fingerprint density at radius 3 is 2.84 bits per heavy atom. The van der Waals surface area contributed by atoms with Crippen LogP contribution in [0.2, 0.25) is 0 Å². The van der Waals surface area contributed by atoms with Crippen LogP contribution >= 0.6 is 0 Å². The van der Waals surface area contributed by atoms with E-state index in [0.29, 0.717) is 6.54 Å². The molecule has 9 nitrogen and oxygen atoms in total. The first-order valence-electron chi connectivity index (χ1n) is 5.48. The van der Waals surface area contributed by atoms with Crippen molar-refractivity contribution in [3.63, 3.8) is 0 Å². The highest BCUT2D eigenvalue weighted by Crippen LogP contribution is 2.26. The lowest BCUT2D eigenvalue weighted by Crippen LogP contribution is -2.11. The number of aryl methyl sites for hydroxylation is 2. The normalized spacial score (nSPS) is 10.4. The van der Waals surface area contributed by atoms with Crippen molar-refractivity contribution < 1.29 is 4.92 Å². The van der Waals surface area contributed by atoms with Crippen LogP contribution in [0.1, 0.15) is 11.4 Å². The van der Waals surface area contributed by atoms with E-state index in [2.05, 4.69) is 20.4 Å². The zero-order valence-electron chi connectivity index (χ0n) is 10.5. The van der Waals surface area contributed by atoms with Gasteiger partial charge in [0.1, 0.15) is 5.69 Å². The van der Waals surface area contributed by atoms with Crippen molar-refractivity contribution >= 4 is 17.5 Å². The van der Waals surface area contributed by atoms with Gasteiger partial charge >= 0.3 is 5.69 Å². The molecule has 0 amide bonds. The van der Waals surface area contributed by atoms with Gasteiger partial charge in [-0.3, -0.25) is 14.8 Å². The van der Waals surface area contributed by atoms with E-state index in [1.807, 2.05) is 0 Å². The molecule has 0 saturated heterocycles. The highest BCUT2D eigenvalue weighted by Gasteiger charge is 2.21. The fraction of sp³-hybridized carbons (Fsp3) is 0.300. The van der Waals surface area contributed by atoms with E-state index in [-0.39, 0.29) is 23.1 Å². The van der Waals surface area contributed by atoms with E-state index in [0.717, 1.165) is 5.69 Å². The van der Waals surface area contributed by atoms with Gasteiger partial charge in [-0.15, -0.1) is 0 Å². The first-order chi connectivity index (χ1) is 8.99. The van der Waals surface area contributed by atoms with Gasteiger partial charge in [0.15, 0.2) is 0 Å². The van der Waals surface area contributed by atoms with E-state index in [9.17, 15) is 10.1 Å². The van der Waals surface area contributed by atoms with Gasteiger partial charge in [-0.1, -0.05) is 0 Å². The van der Waals surface area contributed by atoms with Crippen LogP contribution in [0.15, 0.2) is 12.3 Å². The van der Waals surface area contributed by atoms with Gasteiger partial charge in [0.2, 0.25) is 11.8 Å². The van der Waals surface area contributed by atoms with E-state index in [1.54, 1.807) is 24.0 Å². The second-order valence-electron chi connectivity index (χ2n) is 3.92. The third kappa shape index (κ3) is 2.59. The number of hydrogen-bond donors (Lipinski definition) is 2. The fourth-order valence-electron chi connectivity index (χ4n) is 1.68. The molecule has 2 aromatic rings. The van der Waals surface area contributed by atoms with Gasteiger partial charge in [-0.2, -0.15) is 10.1 Å². The molecule has 0 aliphatic carbocycles. The molecular weight excluding hydrogens is 250 g/mol. The first-order valence-corrected chi connectivity index (χ1v) is 5.48. The van der Waals surface area contributed by atoms with Crippen molar-refractivity contribution in [2.45, 2.75) is 13.5 Å². The molecule has 2 heterocycles. The molecule has 2 aromatic heterocycles. The summed E-state index contributed by atoms with van der Waals surface area (Å²) in [7, 11) is 1.78. The summed E-state index contributed by atoms with van der Waals surface area (Å²) < 4.78 is 1.66. The molecule has 0 aliphatic rings. The lowest BCUT2D eigenvalue weighted by Gasteiger charge is -2.08. The predicted molar refractivity (Wildman–Crippen MR) is 68.4 cm³/mol. The zero-order valence-corrected chi connectivity index (χ0v) is 10.5. The van der Waals surface area contributed by atoms with E-state index < -0.39 is 4.92 Å². The molecule has 0 saturated carbocycles. The van der Waals surface area contributed by atoms with Crippen LogP contribution in [0, 0.1) is 17.0 Å². The lowest BCUT2D eigenvalue weighted by molar-refractivity contribution is -0.385. The lowest BCUT2D eigenvalue weighted by atomic mass is 10.3. The highest BCUT2D eigenvalue weighted by atomic mass is 16.6. The largest absolute Gasteiger partial charge is 0.368 e. The van der Waals surface area contributed by atoms with Crippen molar-refractivity contribution in [3.8, 4) is 0 Å². The second-order valence-corrected chi connectivity index (χ2v) is 3.92. The van der Waals surface area contributed by atoms with E-state index >= 15 is 0 Å². The molecule has 0 spiro atoms. The number of aromatic nitrogens is 4. The van der Waals surface area contributed by atoms with Gasteiger partial charge < -0.3 is 11.1 Å². The molecule has 0 atom stereocenters. The van der Waals surface area contributed by atoms with Crippen molar-refractivity contribution in [3.05, 3.63) is 33.8 Å². The minimum absolute atomic E-state index is 0.00407. The Labute approximate surface area is 108 Å². The summed E-state index contributed by atoms with van der Waals surface area (Å²) in [5, 5.41) is 17.9. The smallest absolute Gasteiger partial charge is 0.332 e. The minimum Gasteiger partial charge on any atom is -0.368 e. The number of rotatable bonds is 4. The molecule has 19 heavy (non-hydrogen) atoms. The number of hydrogen-bond acceptors (Lipinski definition) is 7. The van der Waals surface area contributed by atoms with Crippen molar-refractivity contribution in [1.29, 1.82) is 0 Å². The van der Waals surface area contributed by atoms with Crippen molar-refractivity contribution in [2.75, 3.05) is 11.1 Å². The van der Waals surface area contributed by atoms with Crippen LogP contribution in [0.5, 0.6) is 0 Å². The predicted octanol–water partition coefficient (Wildman–Crippen LogP) is 0.621. The van der Waals surface area contributed by atoms with Gasteiger partial charge in [-0.25, -0.2) is 4.98 Å². The summed E-state index contributed by atoms with van der Waals surface area (Å²) in [6, 6.07) is 1.80. The standard InChI is InChI=1S/C10H13N7O2/c1-6-8(17(18)19)9(15-10(11)14-6)12-5-7-3-4-13-16(7)2/h3-4H,5H2,1-2H3,(H3,11,12,14,15). The average Bonchev–Trinajstić information content (AvgIpc) is 2.70. The first kappa shape index (κ1) is 12.7. The third-order valence-electron chi connectivity index (χ3n) is 2.62. The summed E-state index contributed by atoms with van der Waals surface area (Å²) in [5.74, 6) is 0.104. The summed E-state index contributed by atoms with van der Waals surface area (Å²) in [5.41, 5.74) is 6.43. The second kappa shape index (κ2) is 4.88. The molecule has 0 unspecified atom stereocenters. The monoisotopic (exact) mass is 263 g/mol. The minimum atomic E-state index is -0.527. The molecule has 0 aromatic carbocycles. The molecule has 3 N–H and O–H groups in total. The molecule has 0 fully saturated rings. The average molecular weight is 263 g/mol. The van der Waals surface area contributed by atoms with Crippen LogP contribution in [0.4, 0.5) is 17.5 Å². The van der Waals surface area contributed by atoms with Crippen LogP contribution in [-0.4, -0.2) is 24.7 Å².